The molecular weight excluding hydrogens is 328 g/mol. The summed E-state index contributed by atoms with van der Waals surface area (Å²) in [6.07, 6.45) is 3.24. The van der Waals surface area contributed by atoms with Crippen LogP contribution in [0.3, 0.4) is 0 Å². The first kappa shape index (κ1) is 17.1. The normalized spacial score (nSPS) is 19.5. The van der Waals surface area contributed by atoms with Gasteiger partial charge in [-0.1, -0.05) is 18.2 Å². The Hall–Kier alpha value is -2.34. The number of anilines is 1. The molecule has 2 aliphatic rings. The Labute approximate surface area is 154 Å². The van der Waals surface area contributed by atoms with Crippen molar-refractivity contribution in [3.05, 3.63) is 41.7 Å². The molecule has 0 radical (unpaired) electrons. The van der Waals surface area contributed by atoms with Crippen molar-refractivity contribution in [3.8, 4) is 5.69 Å². The average Bonchev–Trinajstić information content (AvgIpc) is 3.29. The molecule has 1 aliphatic carbocycles. The Bertz CT molecular complexity index is 777. The van der Waals surface area contributed by atoms with Crippen LogP contribution in [0.5, 0.6) is 0 Å². The van der Waals surface area contributed by atoms with E-state index in [4.69, 9.17) is 4.74 Å². The third-order valence-electron chi connectivity index (χ3n) is 5.25. The summed E-state index contributed by atoms with van der Waals surface area (Å²) >= 11 is 0. The number of urea groups is 1. The molecule has 2 amide bonds. The highest BCUT2D eigenvalue weighted by Gasteiger charge is 2.35. The molecule has 1 aromatic carbocycles. The highest BCUT2D eigenvalue weighted by atomic mass is 16.5. The van der Waals surface area contributed by atoms with Crippen LogP contribution >= 0.6 is 0 Å². The zero-order valence-corrected chi connectivity index (χ0v) is 15.4. The van der Waals surface area contributed by atoms with Crippen molar-refractivity contribution in [2.75, 3.05) is 25.1 Å². The third kappa shape index (κ3) is 3.46. The predicted molar refractivity (Wildman–Crippen MR) is 101 cm³/mol. The number of ether oxygens (including phenoxy) is 1. The number of hydrogen-bond donors (Lipinski definition) is 1. The minimum absolute atomic E-state index is 0.0155. The maximum Gasteiger partial charge on any atom is 0.322 e. The van der Waals surface area contributed by atoms with E-state index in [9.17, 15) is 4.79 Å². The molecule has 1 aliphatic heterocycles. The number of carbonyl (C=O) groups excluding carboxylic acids is 1. The lowest BCUT2D eigenvalue weighted by molar-refractivity contribution is 0.167. The second kappa shape index (κ2) is 7.11. The van der Waals surface area contributed by atoms with Crippen molar-refractivity contribution >= 4 is 11.7 Å². The number of rotatable bonds is 5. The summed E-state index contributed by atoms with van der Waals surface area (Å²) in [5.74, 6) is 0.454. The van der Waals surface area contributed by atoms with Crippen LogP contribution in [0.4, 0.5) is 10.5 Å². The molecule has 1 atom stereocenters. The number of hydrogen-bond acceptors (Lipinski definition) is 3. The number of benzene rings is 1. The lowest BCUT2D eigenvalue weighted by Crippen LogP contribution is -2.40. The molecule has 2 aromatic rings. The number of aromatic nitrogens is 2. The van der Waals surface area contributed by atoms with E-state index in [-0.39, 0.29) is 6.03 Å². The summed E-state index contributed by atoms with van der Waals surface area (Å²) in [4.78, 5) is 15.0. The molecule has 0 spiro atoms. The van der Waals surface area contributed by atoms with Gasteiger partial charge in [-0.3, -0.25) is 0 Å². The molecule has 1 aromatic heterocycles. The van der Waals surface area contributed by atoms with Crippen molar-refractivity contribution in [3.63, 3.8) is 0 Å². The number of amides is 2. The molecule has 1 unspecified atom stereocenters. The van der Waals surface area contributed by atoms with Gasteiger partial charge in [0.25, 0.3) is 0 Å². The SMILES string of the molecule is Cc1nn(-c2ccccc2)c(C)c1NC(=O)N(CC1CCOC1)C1CC1. The predicted octanol–water partition coefficient (Wildman–Crippen LogP) is 3.52. The summed E-state index contributed by atoms with van der Waals surface area (Å²) < 4.78 is 7.36. The Morgan fingerprint density at radius 1 is 1.27 bits per heavy atom. The monoisotopic (exact) mass is 354 g/mol. The Balaban J connectivity index is 1.52. The van der Waals surface area contributed by atoms with E-state index in [2.05, 4.69) is 10.4 Å². The lowest BCUT2D eigenvalue weighted by atomic mass is 10.1. The molecule has 6 nitrogen and oxygen atoms in total. The van der Waals surface area contributed by atoms with Gasteiger partial charge >= 0.3 is 6.03 Å². The third-order valence-corrected chi connectivity index (χ3v) is 5.25. The van der Waals surface area contributed by atoms with Crippen LogP contribution in [0.1, 0.15) is 30.7 Å². The topological polar surface area (TPSA) is 59.4 Å². The second-order valence-corrected chi connectivity index (χ2v) is 7.34. The number of para-hydroxylation sites is 1. The van der Waals surface area contributed by atoms with Crippen molar-refractivity contribution in [2.45, 2.75) is 39.2 Å². The van der Waals surface area contributed by atoms with E-state index in [0.29, 0.717) is 12.0 Å². The van der Waals surface area contributed by atoms with Gasteiger partial charge in [0.1, 0.15) is 0 Å². The van der Waals surface area contributed by atoms with Crippen molar-refractivity contribution in [1.82, 2.24) is 14.7 Å². The van der Waals surface area contributed by atoms with E-state index in [1.807, 2.05) is 53.8 Å². The summed E-state index contributed by atoms with van der Waals surface area (Å²) in [6, 6.07) is 10.4. The largest absolute Gasteiger partial charge is 0.381 e. The van der Waals surface area contributed by atoms with E-state index < -0.39 is 0 Å². The van der Waals surface area contributed by atoms with Gasteiger partial charge in [0.2, 0.25) is 0 Å². The molecule has 4 rings (SSSR count). The summed E-state index contributed by atoms with van der Waals surface area (Å²) in [5.41, 5.74) is 3.59. The molecule has 26 heavy (non-hydrogen) atoms. The van der Waals surface area contributed by atoms with Crippen LogP contribution in [0.2, 0.25) is 0 Å². The molecular formula is C20H26N4O2. The lowest BCUT2D eigenvalue weighted by Gasteiger charge is -2.25. The van der Waals surface area contributed by atoms with Gasteiger partial charge in [-0.2, -0.15) is 5.10 Å². The fourth-order valence-corrected chi connectivity index (χ4v) is 3.61. The van der Waals surface area contributed by atoms with Gasteiger partial charge in [0.15, 0.2) is 0 Å². The van der Waals surface area contributed by atoms with E-state index >= 15 is 0 Å². The maximum absolute atomic E-state index is 13.0. The molecule has 1 N–H and O–H groups in total. The van der Waals surface area contributed by atoms with Gasteiger partial charge in [0, 0.05) is 25.1 Å². The maximum atomic E-state index is 13.0. The van der Waals surface area contributed by atoms with Gasteiger partial charge < -0.3 is 15.0 Å². The summed E-state index contributed by atoms with van der Waals surface area (Å²) in [6.45, 7) is 6.29. The van der Waals surface area contributed by atoms with Crippen LogP contribution in [-0.2, 0) is 4.74 Å². The highest BCUT2D eigenvalue weighted by Crippen LogP contribution is 2.30. The highest BCUT2D eigenvalue weighted by molar-refractivity contribution is 5.91. The molecule has 2 heterocycles. The number of nitrogens with one attached hydrogen (secondary N) is 1. The minimum Gasteiger partial charge on any atom is -0.381 e. The second-order valence-electron chi connectivity index (χ2n) is 7.34. The average molecular weight is 354 g/mol. The fraction of sp³-hybridized carbons (Fsp3) is 0.500. The number of aryl methyl sites for hydroxylation is 1. The zero-order valence-electron chi connectivity index (χ0n) is 15.4. The molecule has 0 bridgehead atoms. The number of nitrogens with zero attached hydrogens (tertiary/aromatic N) is 3. The molecule has 6 heteroatoms. The Morgan fingerprint density at radius 3 is 2.69 bits per heavy atom. The summed E-state index contributed by atoms with van der Waals surface area (Å²) in [5, 5.41) is 7.75. The number of carbonyl (C=O) groups is 1. The van der Waals surface area contributed by atoms with Gasteiger partial charge in [-0.05, 0) is 45.2 Å². The first-order valence-electron chi connectivity index (χ1n) is 9.40. The molecule has 2 fully saturated rings. The smallest absolute Gasteiger partial charge is 0.322 e. The van der Waals surface area contributed by atoms with Crippen molar-refractivity contribution < 1.29 is 9.53 Å². The summed E-state index contributed by atoms with van der Waals surface area (Å²) in [7, 11) is 0. The first-order valence-corrected chi connectivity index (χ1v) is 9.40. The van der Waals surface area contributed by atoms with Crippen LogP contribution < -0.4 is 5.32 Å². The Kier molecular flexibility index (Phi) is 4.68. The van der Waals surface area contributed by atoms with Gasteiger partial charge in [0.05, 0.1) is 29.4 Å². The van der Waals surface area contributed by atoms with Crippen molar-refractivity contribution in [1.29, 1.82) is 0 Å². The van der Waals surface area contributed by atoms with Crippen LogP contribution in [0, 0.1) is 19.8 Å². The van der Waals surface area contributed by atoms with Gasteiger partial charge in [-0.25, -0.2) is 9.48 Å². The van der Waals surface area contributed by atoms with E-state index in [1.54, 1.807) is 0 Å². The molecule has 1 saturated carbocycles. The molecule has 138 valence electrons. The first-order chi connectivity index (χ1) is 12.6. The van der Waals surface area contributed by atoms with Crippen LogP contribution in [-0.4, -0.2) is 46.5 Å². The molecule has 1 saturated heterocycles. The van der Waals surface area contributed by atoms with E-state index in [0.717, 1.165) is 61.8 Å². The standard InChI is InChI=1S/C20H26N4O2/c1-14-19(15(2)24(22-14)18-6-4-3-5-7-18)21-20(25)23(17-8-9-17)12-16-10-11-26-13-16/h3-7,16-17H,8-13H2,1-2H3,(H,21,25). The Morgan fingerprint density at radius 2 is 2.04 bits per heavy atom. The van der Waals surface area contributed by atoms with Crippen LogP contribution in [0.15, 0.2) is 30.3 Å². The zero-order chi connectivity index (χ0) is 18.1. The van der Waals surface area contributed by atoms with E-state index in [1.165, 1.54) is 0 Å². The van der Waals surface area contributed by atoms with Gasteiger partial charge in [-0.15, -0.1) is 0 Å². The quantitative estimate of drug-likeness (QED) is 0.894. The van der Waals surface area contributed by atoms with Crippen LogP contribution in [0.25, 0.3) is 5.69 Å². The fourth-order valence-electron chi connectivity index (χ4n) is 3.61. The van der Waals surface area contributed by atoms with Crippen molar-refractivity contribution in [2.24, 2.45) is 5.92 Å². The minimum atomic E-state index is -0.0155.